The van der Waals surface area contributed by atoms with Gasteiger partial charge in [-0.25, -0.2) is 0 Å². The molecule has 1 aliphatic rings. The van der Waals surface area contributed by atoms with Gasteiger partial charge in [-0.3, -0.25) is 9.59 Å². The van der Waals surface area contributed by atoms with Crippen LogP contribution in [0.5, 0.6) is 11.5 Å². The number of carbonyl (C=O) groups excluding carboxylic acids is 2. The fourth-order valence-corrected chi connectivity index (χ4v) is 3.31. The molecule has 0 spiro atoms. The number of rotatable bonds is 7. The van der Waals surface area contributed by atoms with Gasteiger partial charge < -0.3 is 19.3 Å². The largest absolute Gasteiger partial charge is 0.497 e. The van der Waals surface area contributed by atoms with Gasteiger partial charge in [-0.1, -0.05) is 6.07 Å². The highest BCUT2D eigenvalue weighted by atomic mass is 16.5. The summed E-state index contributed by atoms with van der Waals surface area (Å²) in [5.41, 5.74) is 2.78. The van der Waals surface area contributed by atoms with E-state index in [2.05, 4.69) is 4.90 Å². The first-order valence-corrected chi connectivity index (χ1v) is 9.46. The number of benzene rings is 2. The lowest BCUT2D eigenvalue weighted by molar-refractivity contribution is -0.132. The number of carbonyl (C=O) groups is 2. The van der Waals surface area contributed by atoms with Gasteiger partial charge in [0.05, 0.1) is 20.1 Å². The van der Waals surface area contributed by atoms with Gasteiger partial charge in [0.25, 0.3) is 0 Å². The first-order valence-electron chi connectivity index (χ1n) is 9.46. The Morgan fingerprint density at radius 2 is 1.82 bits per heavy atom. The van der Waals surface area contributed by atoms with Gasteiger partial charge in [0, 0.05) is 43.5 Å². The molecule has 1 saturated heterocycles. The smallest absolute Gasteiger partial charge is 0.226 e. The molecule has 0 aliphatic carbocycles. The van der Waals surface area contributed by atoms with Crippen molar-refractivity contribution in [2.24, 2.45) is 0 Å². The lowest BCUT2D eigenvalue weighted by atomic mass is 10.1. The predicted octanol–water partition coefficient (Wildman–Crippen LogP) is 2.93. The van der Waals surface area contributed by atoms with Crippen molar-refractivity contribution in [1.82, 2.24) is 4.90 Å². The summed E-state index contributed by atoms with van der Waals surface area (Å²) < 4.78 is 10.8. The van der Waals surface area contributed by atoms with E-state index in [1.54, 1.807) is 13.2 Å². The van der Waals surface area contributed by atoms with E-state index in [1.807, 2.05) is 48.2 Å². The minimum Gasteiger partial charge on any atom is -0.497 e. The number of piperazine rings is 1. The predicted molar refractivity (Wildman–Crippen MR) is 108 cm³/mol. The van der Waals surface area contributed by atoms with Crippen molar-refractivity contribution in [1.29, 1.82) is 0 Å². The number of hydrogen-bond acceptors (Lipinski definition) is 5. The Kier molecular flexibility index (Phi) is 6.53. The van der Waals surface area contributed by atoms with Gasteiger partial charge in [0.2, 0.25) is 5.91 Å². The van der Waals surface area contributed by atoms with E-state index in [4.69, 9.17) is 9.47 Å². The van der Waals surface area contributed by atoms with E-state index in [9.17, 15) is 9.59 Å². The highest BCUT2D eigenvalue weighted by Gasteiger charge is 2.21. The van der Waals surface area contributed by atoms with Crippen LogP contribution in [0.25, 0.3) is 0 Å². The third-order valence-electron chi connectivity index (χ3n) is 5.00. The zero-order valence-corrected chi connectivity index (χ0v) is 16.4. The molecule has 0 N–H and O–H groups in total. The monoisotopic (exact) mass is 382 g/mol. The van der Waals surface area contributed by atoms with E-state index in [0.29, 0.717) is 37.4 Å². The Bertz CT molecular complexity index is 829. The molecule has 148 valence electrons. The zero-order valence-electron chi connectivity index (χ0n) is 16.4. The summed E-state index contributed by atoms with van der Waals surface area (Å²) in [6.07, 6.45) is 1.23. The Morgan fingerprint density at radius 3 is 2.50 bits per heavy atom. The van der Waals surface area contributed by atoms with E-state index in [-0.39, 0.29) is 5.91 Å². The summed E-state index contributed by atoms with van der Waals surface area (Å²) in [6, 6.07) is 13.2. The van der Waals surface area contributed by atoms with Crippen LogP contribution in [-0.4, -0.2) is 57.0 Å². The summed E-state index contributed by atoms with van der Waals surface area (Å²) in [5, 5.41) is 0. The molecule has 6 heteroatoms. The molecule has 2 aromatic carbocycles. The van der Waals surface area contributed by atoms with Crippen molar-refractivity contribution < 1.29 is 19.1 Å². The van der Waals surface area contributed by atoms with Crippen molar-refractivity contribution in [3.63, 3.8) is 0 Å². The number of ether oxygens (including phenoxy) is 2. The fraction of sp³-hybridized carbons (Fsp3) is 0.364. The second-order valence-electron chi connectivity index (χ2n) is 6.80. The zero-order chi connectivity index (χ0) is 19.9. The van der Waals surface area contributed by atoms with Crippen LogP contribution in [0.1, 0.15) is 22.3 Å². The molecule has 3 rings (SSSR count). The summed E-state index contributed by atoms with van der Waals surface area (Å²) >= 11 is 0. The van der Waals surface area contributed by atoms with Crippen LogP contribution in [0.2, 0.25) is 0 Å². The molecule has 0 saturated carbocycles. The first-order chi connectivity index (χ1) is 13.6. The van der Waals surface area contributed by atoms with E-state index in [0.717, 1.165) is 36.4 Å². The standard InChI is InChI=1S/C22H26N2O4/c1-17-14-19(7-6-18(17)16-25)23-9-11-24(12-10-23)22(26)8-13-28-21-5-3-4-20(15-21)27-2/h3-7,14-16H,8-13H2,1-2H3. The topological polar surface area (TPSA) is 59.1 Å². The number of aryl methyl sites for hydroxylation is 1. The number of anilines is 1. The Balaban J connectivity index is 1.45. The lowest BCUT2D eigenvalue weighted by Crippen LogP contribution is -2.49. The molecule has 0 aromatic heterocycles. The minimum absolute atomic E-state index is 0.107. The molecule has 6 nitrogen and oxygen atoms in total. The molecule has 1 amide bonds. The highest BCUT2D eigenvalue weighted by Crippen LogP contribution is 2.21. The molecule has 28 heavy (non-hydrogen) atoms. The molecule has 1 fully saturated rings. The normalized spacial score (nSPS) is 13.9. The average Bonchev–Trinajstić information content (AvgIpc) is 2.74. The van der Waals surface area contributed by atoms with Crippen LogP contribution in [0.15, 0.2) is 42.5 Å². The van der Waals surface area contributed by atoms with Gasteiger partial charge in [-0.2, -0.15) is 0 Å². The maximum atomic E-state index is 12.5. The van der Waals surface area contributed by atoms with Crippen molar-refractivity contribution in [3.05, 3.63) is 53.6 Å². The lowest BCUT2D eigenvalue weighted by Gasteiger charge is -2.36. The number of amides is 1. The Labute approximate surface area is 165 Å². The van der Waals surface area contributed by atoms with E-state index >= 15 is 0 Å². The minimum atomic E-state index is 0.107. The summed E-state index contributed by atoms with van der Waals surface area (Å²) in [4.78, 5) is 27.6. The molecule has 0 bridgehead atoms. The van der Waals surface area contributed by atoms with Crippen molar-refractivity contribution >= 4 is 17.9 Å². The summed E-state index contributed by atoms with van der Waals surface area (Å²) in [5.74, 6) is 1.54. The second-order valence-corrected chi connectivity index (χ2v) is 6.80. The van der Waals surface area contributed by atoms with Crippen LogP contribution < -0.4 is 14.4 Å². The van der Waals surface area contributed by atoms with Crippen molar-refractivity contribution in [2.45, 2.75) is 13.3 Å². The second kappa shape index (κ2) is 9.26. The number of nitrogens with zero attached hydrogens (tertiary/aromatic N) is 2. The molecule has 0 unspecified atom stereocenters. The third-order valence-corrected chi connectivity index (χ3v) is 5.00. The van der Waals surface area contributed by atoms with Gasteiger partial charge in [0.15, 0.2) is 0 Å². The van der Waals surface area contributed by atoms with Gasteiger partial charge >= 0.3 is 0 Å². The van der Waals surface area contributed by atoms with Crippen LogP contribution in [0.3, 0.4) is 0 Å². The SMILES string of the molecule is COc1cccc(OCCC(=O)N2CCN(c3ccc(C=O)c(C)c3)CC2)c1. The maximum absolute atomic E-state index is 12.5. The van der Waals surface area contributed by atoms with Crippen LogP contribution in [0.4, 0.5) is 5.69 Å². The van der Waals surface area contributed by atoms with Crippen molar-refractivity contribution in [3.8, 4) is 11.5 Å². The fourth-order valence-electron chi connectivity index (χ4n) is 3.31. The number of hydrogen-bond donors (Lipinski definition) is 0. The molecule has 2 aromatic rings. The van der Waals surface area contributed by atoms with Crippen LogP contribution in [-0.2, 0) is 4.79 Å². The van der Waals surface area contributed by atoms with Crippen LogP contribution in [0, 0.1) is 6.92 Å². The first kappa shape index (κ1) is 19.7. The van der Waals surface area contributed by atoms with Crippen LogP contribution >= 0.6 is 0 Å². The maximum Gasteiger partial charge on any atom is 0.226 e. The highest BCUT2D eigenvalue weighted by molar-refractivity contribution is 5.79. The average molecular weight is 382 g/mol. The molecule has 1 heterocycles. The number of methoxy groups -OCH3 is 1. The summed E-state index contributed by atoms with van der Waals surface area (Å²) in [6.45, 7) is 5.22. The summed E-state index contributed by atoms with van der Waals surface area (Å²) in [7, 11) is 1.61. The van der Waals surface area contributed by atoms with Crippen molar-refractivity contribution in [2.75, 3.05) is 44.8 Å². The molecule has 0 atom stereocenters. The van der Waals surface area contributed by atoms with E-state index < -0.39 is 0 Å². The van der Waals surface area contributed by atoms with E-state index in [1.165, 1.54) is 0 Å². The molecule has 0 radical (unpaired) electrons. The van der Waals surface area contributed by atoms with Gasteiger partial charge in [-0.05, 0) is 42.8 Å². The Hall–Kier alpha value is -3.02. The third kappa shape index (κ3) is 4.82. The van der Waals surface area contributed by atoms with Gasteiger partial charge in [0.1, 0.15) is 17.8 Å². The quantitative estimate of drug-likeness (QED) is 0.689. The molecular weight excluding hydrogens is 356 g/mol. The van der Waals surface area contributed by atoms with Gasteiger partial charge in [-0.15, -0.1) is 0 Å². The molecule has 1 aliphatic heterocycles. The molecular formula is C22H26N2O4. The number of aldehydes is 1. The Morgan fingerprint density at radius 1 is 1.07 bits per heavy atom.